The summed E-state index contributed by atoms with van der Waals surface area (Å²) in [4.78, 5) is 11.3. The number of esters is 1. The van der Waals surface area contributed by atoms with Crippen LogP contribution in [0.4, 0.5) is 0 Å². The van der Waals surface area contributed by atoms with Crippen molar-refractivity contribution in [3.8, 4) is 0 Å². The zero-order valence-electron chi connectivity index (χ0n) is 11.0. The van der Waals surface area contributed by atoms with E-state index >= 15 is 0 Å². The second kappa shape index (κ2) is 4.05. The van der Waals surface area contributed by atoms with Gasteiger partial charge in [0.15, 0.2) is 0 Å². The van der Waals surface area contributed by atoms with E-state index in [-0.39, 0.29) is 11.6 Å². The van der Waals surface area contributed by atoms with Crippen LogP contribution in [0.3, 0.4) is 0 Å². The highest BCUT2D eigenvalue weighted by molar-refractivity contribution is 5.66. The summed E-state index contributed by atoms with van der Waals surface area (Å²) in [6.07, 6.45) is 5.09. The van der Waals surface area contributed by atoms with E-state index < -0.39 is 0 Å². The fourth-order valence-electron chi connectivity index (χ4n) is 4.04. The second-order valence-corrected chi connectivity index (χ2v) is 6.29. The minimum absolute atomic E-state index is 0.119. The Kier molecular flexibility index (Phi) is 3.02. The van der Waals surface area contributed by atoms with Gasteiger partial charge in [-0.2, -0.15) is 0 Å². The minimum atomic E-state index is -0.211. The molecule has 0 aromatic rings. The Balaban J connectivity index is 2.19. The van der Waals surface area contributed by atoms with E-state index in [9.17, 15) is 4.79 Å². The normalized spacial score (nSPS) is 47.5. The lowest BCUT2D eigenvalue weighted by Gasteiger charge is -2.52. The monoisotopic (exact) mass is 224 g/mol. The molecule has 0 radical (unpaired) electrons. The molecule has 2 aliphatic carbocycles. The lowest BCUT2D eigenvalue weighted by Crippen LogP contribution is -2.52. The van der Waals surface area contributed by atoms with Gasteiger partial charge in [-0.05, 0) is 56.3 Å². The molecule has 0 amide bonds. The van der Waals surface area contributed by atoms with Crippen molar-refractivity contribution < 1.29 is 9.53 Å². The number of carbonyl (C=O) groups excluding carboxylic acids is 1. The van der Waals surface area contributed by atoms with Crippen molar-refractivity contribution in [2.45, 2.75) is 59.0 Å². The van der Waals surface area contributed by atoms with Crippen LogP contribution in [0.25, 0.3) is 0 Å². The first-order valence-electron chi connectivity index (χ1n) is 6.61. The summed E-state index contributed by atoms with van der Waals surface area (Å²) in [5, 5.41) is 0. The summed E-state index contributed by atoms with van der Waals surface area (Å²) in [6, 6.07) is 0. The Hall–Kier alpha value is -0.530. The fraction of sp³-hybridized carbons (Fsp3) is 0.929. The SMILES string of the molecule is CC(=O)OC1(C)C(C)CC2CC(C)CC1C2. The standard InChI is InChI=1S/C14H24O2/c1-9-5-12-7-10(2)14(4,16-11(3)15)13(6-9)8-12/h9-10,12-13H,5-8H2,1-4H3. The Morgan fingerprint density at radius 1 is 1.19 bits per heavy atom. The van der Waals surface area contributed by atoms with Gasteiger partial charge in [0.05, 0.1) is 0 Å². The van der Waals surface area contributed by atoms with Crippen molar-refractivity contribution in [2.75, 3.05) is 0 Å². The molecule has 0 aliphatic heterocycles. The molecular formula is C14H24O2. The first kappa shape index (κ1) is 11.9. The van der Waals surface area contributed by atoms with Crippen LogP contribution in [0.15, 0.2) is 0 Å². The van der Waals surface area contributed by atoms with Crippen molar-refractivity contribution in [3.05, 3.63) is 0 Å². The van der Waals surface area contributed by atoms with Crippen LogP contribution >= 0.6 is 0 Å². The molecule has 2 heteroatoms. The van der Waals surface area contributed by atoms with E-state index in [4.69, 9.17) is 4.74 Å². The van der Waals surface area contributed by atoms with E-state index in [2.05, 4.69) is 20.8 Å². The second-order valence-electron chi connectivity index (χ2n) is 6.29. The molecule has 92 valence electrons. The van der Waals surface area contributed by atoms with Crippen molar-refractivity contribution >= 4 is 5.97 Å². The van der Waals surface area contributed by atoms with Crippen LogP contribution in [-0.2, 0) is 9.53 Å². The molecule has 2 saturated carbocycles. The highest BCUT2D eigenvalue weighted by atomic mass is 16.6. The van der Waals surface area contributed by atoms with Crippen molar-refractivity contribution in [2.24, 2.45) is 23.7 Å². The summed E-state index contributed by atoms with van der Waals surface area (Å²) < 4.78 is 5.69. The quantitative estimate of drug-likeness (QED) is 0.638. The van der Waals surface area contributed by atoms with Gasteiger partial charge in [-0.15, -0.1) is 0 Å². The highest BCUT2D eigenvalue weighted by Gasteiger charge is 2.49. The first-order valence-corrected chi connectivity index (χ1v) is 6.61. The third-order valence-corrected chi connectivity index (χ3v) is 4.88. The molecule has 0 N–H and O–H groups in total. The maximum atomic E-state index is 11.3. The fourth-order valence-corrected chi connectivity index (χ4v) is 4.04. The van der Waals surface area contributed by atoms with Crippen molar-refractivity contribution in [1.29, 1.82) is 0 Å². The summed E-state index contributed by atoms with van der Waals surface area (Å²) in [5.74, 6) is 2.63. The Morgan fingerprint density at radius 3 is 2.50 bits per heavy atom. The molecule has 2 bridgehead atoms. The Labute approximate surface area is 98.7 Å². The molecule has 0 spiro atoms. The molecule has 0 saturated heterocycles. The van der Waals surface area contributed by atoms with Crippen LogP contribution in [0.5, 0.6) is 0 Å². The summed E-state index contributed by atoms with van der Waals surface area (Å²) in [6.45, 7) is 8.27. The predicted octanol–water partition coefficient (Wildman–Crippen LogP) is 3.40. The predicted molar refractivity (Wildman–Crippen MR) is 63.9 cm³/mol. The van der Waals surface area contributed by atoms with Gasteiger partial charge < -0.3 is 4.74 Å². The number of fused-ring (bicyclic) bond motifs is 2. The van der Waals surface area contributed by atoms with E-state index in [1.165, 1.54) is 32.6 Å². The molecule has 2 nitrogen and oxygen atoms in total. The third-order valence-electron chi connectivity index (χ3n) is 4.88. The minimum Gasteiger partial charge on any atom is -0.459 e. The van der Waals surface area contributed by atoms with Crippen LogP contribution < -0.4 is 0 Å². The topological polar surface area (TPSA) is 26.3 Å². The zero-order chi connectivity index (χ0) is 11.9. The van der Waals surface area contributed by atoms with Gasteiger partial charge in [-0.3, -0.25) is 4.79 Å². The molecule has 5 unspecified atom stereocenters. The van der Waals surface area contributed by atoms with E-state index in [1.54, 1.807) is 0 Å². The lowest BCUT2D eigenvalue weighted by atomic mass is 9.58. The number of hydrogen-bond acceptors (Lipinski definition) is 2. The number of ether oxygens (including phenoxy) is 1. The van der Waals surface area contributed by atoms with E-state index in [1.807, 2.05) is 0 Å². The first-order chi connectivity index (χ1) is 7.41. The third kappa shape index (κ3) is 1.99. The number of carbonyl (C=O) groups is 1. The van der Waals surface area contributed by atoms with Gasteiger partial charge in [-0.1, -0.05) is 13.8 Å². The summed E-state index contributed by atoms with van der Waals surface area (Å²) in [7, 11) is 0. The van der Waals surface area contributed by atoms with Crippen molar-refractivity contribution in [1.82, 2.24) is 0 Å². The highest BCUT2D eigenvalue weighted by Crippen LogP contribution is 2.51. The molecule has 0 aromatic carbocycles. The summed E-state index contributed by atoms with van der Waals surface area (Å²) in [5.41, 5.74) is -0.211. The van der Waals surface area contributed by atoms with Gasteiger partial charge in [0.1, 0.15) is 5.60 Å². The maximum Gasteiger partial charge on any atom is 0.303 e. The molecule has 0 aromatic heterocycles. The zero-order valence-corrected chi connectivity index (χ0v) is 11.0. The Morgan fingerprint density at radius 2 is 1.88 bits per heavy atom. The lowest BCUT2D eigenvalue weighted by molar-refractivity contribution is -0.182. The van der Waals surface area contributed by atoms with Crippen molar-refractivity contribution in [3.63, 3.8) is 0 Å². The smallest absolute Gasteiger partial charge is 0.303 e. The molecular weight excluding hydrogens is 200 g/mol. The average Bonchev–Trinajstić information content (AvgIpc) is 2.13. The summed E-state index contributed by atoms with van der Waals surface area (Å²) >= 11 is 0. The van der Waals surface area contributed by atoms with Gasteiger partial charge >= 0.3 is 5.97 Å². The molecule has 2 rings (SSSR count). The molecule has 2 aliphatic rings. The largest absolute Gasteiger partial charge is 0.459 e. The van der Waals surface area contributed by atoms with E-state index in [0.29, 0.717) is 11.8 Å². The van der Waals surface area contributed by atoms with Gasteiger partial charge in [0, 0.05) is 6.92 Å². The molecule has 2 fully saturated rings. The van der Waals surface area contributed by atoms with Gasteiger partial charge in [-0.25, -0.2) is 0 Å². The average molecular weight is 224 g/mol. The van der Waals surface area contributed by atoms with Gasteiger partial charge in [0.25, 0.3) is 0 Å². The molecule has 5 atom stereocenters. The van der Waals surface area contributed by atoms with Crippen LogP contribution in [0.2, 0.25) is 0 Å². The maximum absolute atomic E-state index is 11.3. The number of rotatable bonds is 1. The van der Waals surface area contributed by atoms with Gasteiger partial charge in [0.2, 0.25) is 0 Å². The Bertz CT molecular complexity index is 282. The molecule has 0 heterocycles. The van der Waals surface area contributed by atoms with Crippen LogP contribution in [-0.4, -0.2) is 11.6 Å². The van der Waals surface area contributed by atoms with Crippen LogP contribution in [0, 0.1) is 23.7 Å². The number of hydrogen-bond donors (Lipinski definition) is 0. The van der Waals surface area contributed by atoms with E-state index in [0.717, 1.165) is 11.8 Å². The van der Waals surface area contributed by atoms with Crippen LogP contribution in [0.1, 0.15) is 53.4 Å². The molecule has 16 heavy (non-hydrogen) atoms.